The van der Waals surface area contributed by atoms with E-state index in [9.17, 15) is 4.79 Å². The smallest absolute Gasteiger partial charge is 0.129 e. The van der Waals surface area contributed by atoms with Crippen molar-refractivity contribution < 1.29 is 9.53 Å². The van der Waals surface area contributed by atoms with Crippen LogP contribution in [0.25, 0.3) is 0 Å². The molecule has 1 heterocycles. The van der Waals surface area contributed by atoms with Gasteiger partial charge in [-0.1, -0.05) is 0 Å². The first kappa shape index (κ1) is 11.1. The molecule has 0 aromatic carbocycles. The molecule has 0 atom stereocenters. The Bertz CT molecular complexity index is 153. The van der Waals surface area contributed by atoms with Gasteiger partial charge in [0.05, 0.1) is 0 Å². The van der Waals surface area contributed by atoms with Crippen LogP contribution in [-0.4, -0.2) is 30.0 Å². The van der Waals surface area contributed by atoms with Crippen LogP contribution in [0, 0.1) is 0 Å². The summed E-state index contributed by atoms with van der Waals surface area (Å²) in [6.45, 7) is 3.51. The Labute approximate surface area is 84.4 Å². The number of hydrogen-bond donors (Lipinski definition) is 0. The molecule has 0 aromatic rings. The summed E-state index contributed by atoms with van der Waals surface area (Å²) < 4.78 is 5.28. The average Bonchev–Trinajstić information content (AvgIpc) is 2.14. The van der Waals surface area contributed by atoms with Crippen LogP contribution in [0.4, 0.5) is 0 Å². The molecule has 3 heteroatoms. The highest BCUT2D eigenvalue weighted by Gasteiger charge is 2.13. The van der Waals surface area contributed by atoms with Gasteiger partial charge in [-0.15, -0.1) is 0 Å². The second-order valence-electron chi connectivity index (χ2n) is 3.49. The SMILES string of the molecule is CC(=O)CCCSC1CCOCC1. The van der Waals surface area contributed by atoms with E-state index in [0.717, 1.165) is 37.1 Å². The van der Waals surface area contributed by atoms with Gasteiger partial charge in [0.15, 0.2) is 0 Å². The van der Waals surface area contributed by atoms with E-state index >= 15 is 0 Å². The lowest BCUT2D eigenvalue weighted by Crippen LogP contribution is -2.17. The van der Waals surface area contributed by atoms with Gasteiger partial charge in [-0.05, 0) is 31.9 Å². The van der Waals surface area contributed by atoms with Crippen LogP contribution >= 0.6 is 11.8 Å². The van der Waals surface area contributed by atoms with E-state index in [1.54, 1.807) is 6.92 Å². The van der Waals surface area contributed by atoms with Crippen molar-refractivity contribution in [3.63, 3.8) is 0 Å². The minimum absolute atomic E-state index is 0.313. The Morgan fingerprint density at radius 1 is 1.46 bits per heavy atom. The molecule has 0 aliphatic carbocycles. The molecule has 0 bridgehead atoms. The number of carbonyl (C=O) groups is 1. The third-order valence-corrected chi connectivity index (χ3v) is 3.66. The topological polar surface area (TPSA) is 26.3 Å². The molecule has 0 unspecified atom stereocenters. The minimum atomic E-state index is 0.313. The third kappa shape index (κ3) is 5.32. The molecule has 1 fully saturated rings. The Morgan fingerprint density at radius 3 is 2.77 bits per heavy atom. The monoisotopic (exact) mass is 202 g/mol. The zero-order valence-electron chi connectivity index (χ0n) is 8.25. The quantitative estimate of drug-likeness (QED) is 0.640. The van der Waals surface area contributed by atoms with Crippen molar-refractivity contribution in [1.82, 2.24) is 0 Å². The Kier molecular flexibility index (Phi) is 5.47. The van der Waals surface area contributed by atoms with Crippen molar-refractivity contribution in [3.05, 3.63) is 0 Å². The summed E-state index contributed by atoms with van der Waals surface area (Å²) in [5.41, 5.74) is 0. The Morgan fingerprint density at radius 2 is 2.15 bits per heavy atom. The largest absolute Gasteiger partial charge is 0.381 e. The second kappa shape index (κ2) is 6.44. The van der Waals surface area contributed by atoms with Crippen molar-refractivity contribution in [2.45, 2.75) is 37.9 Å². The lowest BCUT2D eigenvalue weighted by molar-refractivity contribution is -0.117. The van der Waals surface area contributed by atoms with E-state index in [0.29, 0.717) is 5.78 Å². The second-order valence-corrected chi connectivity index (χ2v) is 4.90. The van der Waals surface area contributed by atoms with Crippen LogP contribution in [0.15, 0.2) is 0 Å². The lowest BCUT2D eigenvalue weighted by atomic mass is 10.2. The molecule has 0 aromatic heterocycles. The van der Waals surface area contributed by atoms with Gasteiger partial charge in [0.2, 0.25) is 0 Å². The molecule has 0 radical (unpaired) electrons. The van der Waals surface area contributed by atoms with Crippen LogP contribution in [0.2, 0.25) is 0 Å². The fourth-order valence-electron chi connectivity index (χ4n) is 1.41. The summed E-state index contributed by atoms with van der Waals surface area (Å²) in [7, 11) is 0. The zero-order chi connectivity index (χ0) is 9.52. The van der Waals surface area contributed by atoms with Crippen molar-refractivity contribution in [1.29, 1.82) is 0 Å². The minimum Gasteiger partial charge on any atom is -0.381 e. The molecule has 1 saturated heterocycles. The zero-order valence-corrected chi connectivity index (χ0v) is 9.07. The summed E-state index contributed by atoms with van der Waals surface area (Å²) in [6.07, 6.45) is 4.16. The predicted molar refractivity (Wildman–Crippen MR) is 56.2 cm³/mol. The van der Waals surface area contributed by atoms with Crippen LogP contribution in [0.3, 0.4) is 0 Å². The van der Waals surface area contributed by atoms with Gasteiger partial charge in [-0.3, -0.25) is 0 Å². The molecule has 13 heavy (non-hydrogen) atoms. The highest BCUT2D eigenvalue weighted by Crippen LogP contribution is 2.22. The first-order valence-corrected chi connectivity index (χ1v) is 6.02. The molecule has 2 nitrogen and oxygen atoms in total. The highest BCUT2D eigenvalue weighted by atomic mass is 32.2. The van der Waals surface area contributed by atoms with Crippen LogP contribution < -0.4 is 0 Å². The Hall–Kier alpha value is -0.0200. The van der Waals surface area contributed by atoms with Crippen molar-refractivity contribution >= 4 is 17.5 Å². The van der Waals surface area contributed by atoms with Gasteiger partial charge in [-0.25, -0.2) is 0 Å². The number of ketones is 1. The van der Waals surface area contributed by atoms with Gasteiger partial charge in [0.25, 0.3) is 0 Å². The van der Waals surface area contributed by atoms with Crippen LogP contribution in [0.5, 0.6) is 0 Å². The molecular weight excluding hydrogens is 184 g/mol. The summed E-state index contributed by atoms with van der Waals surface area (Å²) in [5.74, 6) is 1.44. The molecule has 0 amide bonds. The summed E-state index contributed by atoms with van der Waals surface area (Å²) in [6, 6.07) is 0. The summed E-state index contributed by atoms with van der Waals surface area (Å²) in [4.78, 5) is 10.7. The normalized spacial score (nSPS) is 18.8. The van der Waals surface area contributed by atoms with Gasteiger partial charge >= 0.3 is 0 Å². The highest BCUT2D eigenvalue weighted by molar-refractivity contribution is 7.99. The van der Waals surface area contributed by atoms with Gasteiger partial charge in [0.1, 0.15) is 5.78 Å². The predicted octanol–water partition coefficient (Wildman–Crippen LogP) is 2.27. The summed E-state index contributed by atoms with van der Waals surface area (Å²) in [5, 5.41) is 0.778. The molecule has 0 N–H and O–H groups in total. The van der Waals surface area contributed by atoms with E-state index in [4.69, 9.17) is 4.74 Å². The molecule has 1 rings (SSSR count). The number of ether oxygens (including phenoxy) is 1. The molecular formula is C10H18O2S. The fraction of sp³-hybridized carbons (Fsp3) is 0.900. The van der Waals surface area contributed by atoms with E-state index < -0.39 is 0 Å². The molecule has 0 spiro atoms. The first-order valence-electron chi connectivity index (χ1n) is 4.98. The van der Waals surface area contributed by atoms with Crippen LogP contribution in [0.1, 0.15) is 32.6 Å². The van der Waals surface area contributed by atoms with Crippen molar-refractivity contribution in [3.8, 4) is 0 Å². The van der Waals surface area contributed by atoms with E-state index in [-0.39, 0.29) is 0 Å². The fourth-order valence-corrected chi connectivity index (χ4v) is 2.58. The standard InChI is InChI=1S/C10H18O2S/c1-9(11)3-2-8-13-10-4-6-12-7-5-10/h10H,2-8H2,1H3. The molecule has 1 aliphatic heterocycles. The van der Waals surface area contributed by atoms with Gasteiger partial charge in [-0.2, -0.15) is 11.8 Å². The maximum atomic E-state index is 10.7. The lowest BCUT2D eigenvalue weighted by Gasteiger charge is -2.21. The van der Waals surface area contributed by atoms with E-state index in [2.05, 4.69) is 0 Å². The maximum absolute atomic E-state index is 10.7. The molecule has 0 saturated carbocycles. The van der Waals surface area contributed by atoms with E-state index in [1.165, 1.54) is 12.8 Å². The van der Waals surface area contributed by atoms with E-state index in [1.807, 2.05) is 11.8 Å². The third-order valence-electron chi connectivity index (χ3n) is 2.20. The van der Waals surface area contributed by atoms with Crippen molar-refractivity contribution in [2.24, 2.45) is 0 Å². The van der Waals surface area contributed by atoms with Crippen LogP contribution in [-0.2, 0) is 9.53 Å². The maximum Gasteiger partial charge on any atom is 0.129 e. The van der Waals surface area contributed by atoms with Crippen molar-refractivity contribution in [2.75, 3.05) is 19.0 Å². The summed E-state index contributed by atoms with van der Waals surface area (Å²) >= 11 is 2.01. The molecule has 1 aliphatic rings. The van der Waals surface area contributed by atoms with Gasteiger partial charge in [0, 0.05) is 24.9 Å². The number of thioether (sulfide) groups is 1. The Balaban J connectivity index is 1.95. The average molecular weight is 202 g/mol. The first-order chi connectivity index (χ1) is 6.29. The number of Topliss-reactive ketones (excluding diaryl/α,β-unsaturated/α-hetero) is 1. The number of carbonyl (C=O) groups excluding carboxylic acids is 1. The number of rotatable bonds is 5. The van der Waals surface area contributed by atoms with Gasteiger partial charge < -0.3 is 9.53 Å². The number of hydrogen-bond acceptors (Lipinski definition) is 3. The molecule has 76 valence electrons.